The molecule has 1 atom stereocenters. The minimum atomic E-state index is 0.0782. The molecule has 0 fully saturated rings. The lowest BCUT2D eigenvalue weighted by Crippen LogP contribution is -2.49. The normalized spacial score (nSPS) is 19.2. The molecule has 0 aromatic carbocycles. The molecule has 1 aliphatic rings. The fourth-order valence-corrected chi connectivity index (χ4v) is 2.14. The Labute approximate surface area is 95.7 Å². The van der Waals surface area contributed by atoms with Gasteiger partial charge in [0.25, 0.3) is 0 Å². The van der Waals surface area contributed by atoms with Gasteiger partial charge < -0.3 is 10.2 Å². The number of fused-ring (bicyclic) bond motifs is 1. The summed E-state index contributed by atoms with van der Waals surface area (Å²) in [6.07, 6.45) is 1.74. The summed E-state index contributed by atoms with van der Waals surface area (Å²) >= 11 is 0. The van der Waals surface area contributed by atoms with E-state index in [-0.39, 0.29) is 11.9 Å². The number of carbonyl (C=O) groups excluding carboxylic acids is 1. The van der Waals surface area contributed by atoms with Gasteiger partial charge in [-0.2, -0.15) is 0 Å². The SMILES string of the molecule is CC(=O)N1c2cccnc2NCC1C(C)C. The Morgan fingerprint density at radius 1 is 1.62 bits per heavy atom. The van der Waals surface area contributed by atoms with Gasteiger partial charge in [-0.05, 0) is 18.1 Å². The van der Waals surface area contributed by atoms with Crippen LogP contribution in [0.15, 0.2) is 18.3 Å². The van der Waals surface area contributed by atoms with Gasteiger partial charge in [-0.1, -0.05) is 13.8 Å². The topological polar surface area (TPSA) is 45.2 Å². The third kappa shape index (κ3) is 1.75. The average molecular weight is 219 g/mol. The highest BCUT2D eigenvalue weighted by Gasteiger charge is 2.31. The lowest BCUT2D eigenvalue weighted by atomic mass is 9.99. The van der Waals surface area contributed by atoms with Crippen molar-refractivity contribution >= 4 is 17.4 Å². The summed E-state index contributed by atoms with van der Waals surface area (Å²) in [7, 11) is 0. The number of nitrogens with one attached hydrogen (secondary N) is 1. The molecule has 4 nitrogen and oxygen atoms in total. The van der Waals surface area contributed by atoms with Crippen LogP contribution in [0.4, 0.5) is 11.5 Å². The highest BCUT2D eigenvalue weighted by molar-refractivity contribution is 5.96. The van der Waals surface area contributed by atoms with E-state index < -0.39 is 0 Å². The summed E-state index contributed by atoms with van der Waals surface area (Å²) in [6, 6.07) is 4.00. The molecule has 1 aliphatic heterocycles. The van der Waals surface area contributed by atoms with E-state index in [9.17, 15) is 4.79 Å². The van der Waals surface area contributed by atoms with Crippen LogP contribution in [0.2, 0.25) is 0 Å². The molecule has 0 bridgehead atoms. The van der Waals surface area contributed by atoms with Crippen molar-refractivity contribution in [3.63, 3.8) is 0 Å². The van der Waals surface area contributed by atoms with Gasteiger partial charge in [-0.3, -0.25) is 4.79 Å². The zero-order valence-electron chi connectivity index (χ0n) is 9.90. The quantitative estimate of drug-likeness (QED) is 0.784. The number of nitrogens with zero attached hydrogens (tertiary/aromatic N) is 2. The van der Waals surface area contributed by atoms with Crippen LogP contribution >= 0.6 is 0 Å². The van der Waals surface area contributed by atoms with Crippen LogP contribution in [-0.4, -0.2) is 23.5 Å². The fourth-order valence-electron chi connectivity index (χ4n) is 2.14. The molecule has 0 saturated carbocycles. The summed E-state index contributed by atoms with van der Waals surface area (Å²) in [6.45, 7) is 6.63. The Morgan fingerprint density at radius 2 is 2.38 bits per heavy atom. The number of rotatable bonds is 1. The molecular weight excluding hydrogens is 202 g/mol. The summed E-state index contributed by atoms with van der Waals surface area (Å²) < 4.78 is 0. The lowest BCUT2D eigenvalue weighted by molar-refractivity contribution is -0.117. The standard InChI is InChI=1S/C12H17N3O/c1-8(2)11-7-14-12-10(5-4-6-13-12)15(11)9(3)16/h4-6,8,11H,7H2,1-3H3,(H,13,14). The van der Waals surface area contributed by atoms with E-state index in [0.717, 1.165) is 18.1 Å². The van der Waals surface area contributed by atoms with Crippen molar-refractivity contribution in [3.05, 3.63) is 18.3 Å². The highest BCUT2D eigenvalue weighted by atomic mass is 16.2. The monoisotopic (exact) mass is 219 g/mol. The molecule has 1 aromatic heterocycles. The molecule has 1 unspecified atom stereocenters. The fraction of sp³-hybridized carbons (Fsp3) is 0.500. The van der Waals surface area contributed by atoms with Crippen LogP contribution in [0.5, 0.6) is 0 Å². The number of aromatic nitrogens is 1. The summed E-state index contributed by atoms with van der Waals surface area (Å²) in [5.74, 6) is 1.30. The Kier molecular flexibility index (Phi) is 2.81. The minimum Gasteiger partial charge on any atom is -0.366 e. The third-order valence-corrected chi connectivity index (χ3v) is 2.97. The second-order valence-electron chi connectivity index (χ2n) is 4.45. The van der Waals surface area contributed by atoms with Gasteiger partial charge >= 0.3 is 0 Å². The smallest absolute Gasteiger partial charge is 0.224 e. The number of anilines is 2. The predicted octanol–water partition coefficient (Wildman–Crippen LogP) is 1.88. The number of hydrogen-bond acceptors (Lipinski definition) is 3. The second-order valence-corrected chi connectivity index (χ2v) is 4.45. The Bertz CT molecular complexity index is 403. The molecule has 0 saturated heterocycles. The van der Waals surface area contributed by atoms with Gasteiger partial charge in [-0.15, -0.1) is 0 Å². The van der Waals surface area contributed by atoms with Crippen LogP contribution in [-0.2, 0) is 4.79 Å². The predicted molar refractivity (Wildman–Crippen MR) is 64.5 cm³/mol. The van der Waals surface area contributed by atoms with Crippen molar-refractivity contribution in [2.24, 2.45) is 5.92 Å². The first-order valence-corrected chi connectivity index (χ1v) is 5.60. The molecule has 1 aromatic rings. The first-order valence-electron chi connectivity index (χ1n) is 5.60. The van der Waals surface area contributed by atoms with Crippen LogP contribution in [0.3, 0.4) is 0 Å². The van der Waals surface area contributed by atoms with Gasteiger partial charge in [-0.25, -0.2) is 4.98 Å². The lowest BCUT2D eigenvalue weighted by Gasteiger charge is -2.38. The molecule has 0 radical (unpaired) electrons. The van der Waals surface area contributed by atoms with E-state index in [4.69, 9.17) is 0 Å². The van der Waals surface area contributed by atoms with Crippen LogP contribution in [0.25, 0.3) is 0 Å². The van der Waals surface area contributed by atoms with Gasteiger partial charge in [0.1, 0.15) is 5.82 Å². The van der Waals surface area contributed by atoms with Crippen molar-refractivity contribution in [3.8, 4) is 0 Å². The summed E-state index contributed by atoms with van der Waals surface area (Å²) in [5.41, 5.74) is 0.889. The molecule has 2 rings (SSSR count). The molecule has 16 heavy (non-hydrogen) atoms. The van der Waals surface area contributed by atoms with Gasteiger partial charge in [0, 0.05) is 19.7 Å². The maximum absolute atomic E-state index is 11.7. The summed E-state index contributed by atoms with van der Waals surface area (Å²) in [4.78, 5) is 17.8. The van der Waals surface area contributed by atoms with E-state index in [2.05, 4.69) is 24.1 Å². The van der Waals surface area contributed by atoms with Crippen LogP contribution < -0.4 is 10.2 Å². The zero-order valence-corrected chi connectivity index (χ0v) is 9.90. The zero-order chi connectivity index (χ0) is 11.7. The maximum atomic E-state index is 11.7. The Morgan fingerprint density at radius 3 is 3.00 bits per heavy atom. The molecule has 4 heteroatoms. The molecule has 86 valence electrons. The molecule has 0 aliphatic carbocycles. The van der Waals surface area contributed by atoms with Crippen molar-refractivity contribution in [2.45, 2.75) is 26.8 Å². The van der Waals surface area contributed by atoms with E-state index in [1.807, 2.05) is 17.0 Å². The van der Waals surface area contributed by atoms with Crippen molar-refractivity contribution < 1.29 is 4.79 Å². The number of hydrogen-bond donors (Lipinski definition) is 1. The molecule has 2 heterocycles. The Balaban J connectivity index is 2.43. The second kappa shape index (κ2) is 4.12. The maximum Gasteiger partial charge on any atom is 0.224 e. The molecular formula is C12H17N3O. The van der Waals surface area contributed by atoms with E-state index in [1.54, 1.807) is 13.1 Å². The van der Waals surface area contributed by atoms with E-state index in [1.165, 1.54) is 0 Å². The molecule has 0 spiro atoms. The third-order valence-electron chi connectivity index (χ3n) is 2.97. The van der Waals surface area contributed by atoms with Crippen LogP contribution in [0, 0.1) is 5.92 Å². The van der Waals surface area contributed by atoms with E-state index >= 15 is 0 Å². The Hall–Kier alpha value is -1.58. The minimum absolute atomic E-state index is 0.0782. The number of carbonyl (C=O) groups is 1. The van der Waals surface area contributed by atoms with Crippen molar-refractivity contribution in [2.75, 3.05) is 16.8 Å². The van der Waals surface area contributed by atoms with Crippen molar-refractivity contribution in [1.29, 1.82) is 0 Å². The average Bonchev–Trinajstić information content (AvgIpc) is 2.27. The van der Waals surface area contributed by atoms with Crippen molar-refractivity contribution in [1.82, 2.24) is 4.98 Å². The van der Waals surface area contributed by atoms with Gasteiger partial charge in [0.15, 0.2) is 0 Å². The van der Waals surface area contributed by atoms with E-state index in [0.29, 0.717) is 5.92 Å². The van der Waals surface area contributed by atoms with Gasteiger partial charge in [0.2, 0.25) is 5.91 Å². The first-order chi connectivity index (χ1) is 7.61. The number of pyridine rings is 1. The number of amides is 1. The van der Waals surface area contributed by atoms with Crippen LogP contribution in [0.1, 0.15) is 20.8 Å². The molecule has 1 amide bonds. The largest absolute Gasteiger partial charge is 0.366 e. The van der Waals surface area contributed by atoms with Gasteiger partial charge in [0.05, 0.1) is 11.7 Å². The highest BCUT2D eigenvalue weighted by Crippen LogP contribution is 2.31. The summed E-state index contributed by atoms with van der Waals surface area (Å²) in [5, 5.41) is 3.27. The first kappa shape index (κ1) is 10.9. The molecule has 1 N–H and O–H groups in total.